The lowest BCUT2D eigenvalue weighted by molar-refractivity contribution is -0.125. The number of aliphatic hydroxyl groups excluding tert-OH is 1. The molecule has 2 aliphatic heterocycles. The Kier molecular flexibility index (Phi) is 5.63. The van der Waals surface area contributed by atoms with Gasteiger partial charge < -0.3 is 20.1 Å². The van der Waals surface area contributed by atoms with E-state index in [1.54, 1.807) is 59.5 Å². The number of aliphatic hydroxyl groups is 1. The van der Waals surface area contributed by atoms with E-state index in [4.69, 9.17) is 16.3 Å². The molecule has 0 saturated carbocycles. The summed E-state index contributed by atoms with van der Waals surface area (Å²) in [5, 5.41) is 13.8. The summed E-state index contributed by atoms with van der Waals surface area (Å²) in [6.07, 6.45) is -1.29. The van der Waals surface area contributed by atoms with Crippen LogP contribution in [0, 0.1) is 0 Å². The van der Waals surface area contributed by atoms with Crippen LogP contribution in [0.2, 0.25) is 4.34 Å². The Hall–Kier alpha value is -3.24. The molecule has 2 aromatic carbocycles. The minimum Gasteiger partial charge on any atom is -0.370 e. The Morgan fingerprint density at radius 2 is 1.85 bits per heavy atom. The van der Waals surface area contributed by atoms with Crippen LogP contribution in [0.4, 0.5) is 17.1 Å². The molecule has 1 atom stereocenters. The lowest BCUT2D eigenvalue weighted by Crippen LogP contribution is -2.41. The van der Waals surface area contributed by atoms with E-state index in [0.29, 0.717) is 50.6 Å². The summed E-state index contributed by atoms with van der Waals surface area (Å²) in [5.74, 6) is -0.896. The van der Waals surface area contributed by atoms with Crippen LogP contribution in [-0.2, 0) is 9.53 Å². The number of benzene rings is 2. The maximum atomic E-state index is 13.1. The van der Waals surface area contributed by atoms with E-state index in [1.807, 2.05) is 0 Å². The van der Waals surface area contributed by atoms with Gasteiger partial charge in [-0.2, -0.15) is 0 Å². The van der Waals surface area contributed by atoms with E-state index < -0.39 is 6.23 Å². The van der Waals surface area contributed by atoms with Gasteiger partial charge in [0.25, 0.3) is 17.7 Å². The van der Waals surface area contributed by atoms with Crippen molar-refractivity contribution in [3.63, 3.8) is 0 Å². The summed E-state index contributed by atoms with van der Waals surface area (Å²) in [6.45, 7) is 0.943. The van der Waals surface area contributed by atoms with Gasteiger partial charge in [0.2, 0.25) is 0 Å². The molecule has 10 heteroatoms. The summed E-state index contributed by atoms with van der Waals surface area (Å²) in [5.41, 5.74) is 2.13. The van der Waals surface area contributed by atoms with E-state index in [-0.39, 0.29) is 24.3 Å². The number of carbonyl (C=O) groups is 3. The molecule has 5 rings (SSSR count). The molecule has 2 aliphatic rings. The quantitative estimate of drug-likeness (QED) is 0.590. The lowest BCUT2D eigenvalue weighted by atomic mass is 10.1. The first-order valence-electron chi connectivity index (χ1n) is 10.1. The van der Waals surface area contributed by atoms with Crippen LogP contribution in [0.1, 0.15) is 31.8 Å². The van der Waals surface area contributed by atoms with E-state index in [0.717, 1.165) is 11.3 Å². The number of halogens is 1. The van der Waals surface area contributed by atoms with E-state index in [2.05, 4.69) is 5.32 Å². The van der Waals surface area contributed by atoms with Crippen molar-refractivity contribution in [2.45, 2.75) is 6.23 Å². The van der Waals surface area contributed by atoms with Gasteiger partial charge in [-0.05, 0) is 48.5 Å². The van der Waals surface area contributed by atoms with Crippen molar-refractivity contribution in [1.29, 1.82) is 0 Å². The van der Waals surface area contributed by atoms with Crippen LogP contribution in [0.5, 0.6) is 0 Å². The number of hydrogen-bond donors (Lipinski definition) is 2. The van der Waals surface area contributed by atoms with Crippen LogP contribution in [0.3, 0.4) is 0 Å². The Labute approximate surface area is 197 Å². The Morgan fingerprint density at radius 1 is 1.09 bits per heavy atom. The maximum Gasteiger partial charge on any atom is 0.265 e. The number of hydrogen-bond acceptors (Lipinski definition) is 6. The second-order valence-corrected chi connectivity index (χ2v) is 9.20. The van der Waals surface area contributed by atoms with Crippen LogP contribution >= 0.6 is 22.9 Å². The molecule has 0 spiro atoms. The predicted octanol–water partition coefficient (Wildman–Crippen LogP) is 3.67. The zero-order valence-electron chi connectivity index (χ0n) is 17.2. The molecule has 1 aromatic heterocycles. The third kappa shape index (κ3) is 3.89. The molecule has 3 aromatic rings. The maximum absolute atomic E-state index is 13.1. The molecule has 1 saturated heterocycles. The number of anilines is 3. The first kappa shape index (κ1) is 21.6. The largest absolute Gasteiger partial charge is 0.370 e. The summed E-state index contributed by atoms with van der Waals surface area (Å²) in [6, 6.07) is 14.9. The molecular formula is C23H18ClN3O5S. The van der Waals surface area contributed by atoms with Gasteiger partial charge in [0.15, 0.2) is 6.23 Å². The molecule has 33 heavy (non-hydrogen) atoms. The second-order valence-electron chi connectivity index (χ2n) is 7.49. The number of fused-ring (bicyclic) bond motifs is 1. The highest BCUT2D eigenvalue weighted by Crippen LogP contribution is 2.40. The molecule has 8 nitrogen and oxygen atoms in total. The Balaban J connectivity index is 1.41. The topological polar surface area (TPSA) is 99.2 Å². The van der Waals surface area contributed by atoms with Crippen LogP contribution in [-0.4, -0.2) is 42.6 Å². The minimum atomic E-state index is -1.29. The molecular weight excluding hydrogens is 466 g/mol. The lowest BCUT2D eigenvalue weighted by Gasteiger charge is -2.28. The summed E-state index contributed by atoms with van der Waals surface area (Å²) >= 11 is 7.06. The number of rotatable bonds is 4. The first-order chi connectivity index (χ1) is 15.9. The summed E-state index contributed by atoms with van der Waals surface area (Å²) in [4.78, 5) is 41.1. The van der Waals surface area contributed by atoms with Gasteiger partial charge in [0, 0.05) is 34.7 Å². The van der Waals surface area contributed by atoms with E-state index in [1.165, 1.54) is 4.90 Å². The van der Waals surface area contributed by atoms with Gasteiger partial charge in [0.1, 0.15) is 6.61 Å². The van der Waals surface area contributed by atoms with Crippen molar-refractivity contribution in [1.82, 2.24) is 0 Å². The normalized spacial score (nSPS) is 17.9. The predicted molar refractivity (Wildman–Crippen MR) is 125 cm³/mol. The van der Waals surface area contributed by atoms with Crippen molar-refractivity contribution in [3.8, 4) is 0 Å². The van der Waals surface area contributed by atoms with Crippen LogP contribution in [0.15, 0.2) is 54.6 Å². The third-order valence-electron chi connectivity index (χ3n) is 5.53. The van der Waals surface area contributed by atoms with Gasteiger partial charge >= 0.3 is 0 Å². The highest BCUT2D eigenvalue weighted by molar-refractivity contribution is 7.18. The molecule has 0 bridgehead atoms. The molecule has 168 valence electrons. The molecule has 3 amide bonds. The summed E-state index contributed by atoms with van der Waals surface area (Å²) < 4.78 is 5.65. The molecule has 3 heterocycles. The zero-order chi connectivity index (χ0) is 23.1. The fourth-order valence-corrected chi connectivity index (χ4v) is 4.91. The van der Waals surface area contributed by atoms with Gasteiger partial charge in [-0.3, -0.25) is 19.3 Å². The second kappa shape index (κ2) is 8.60. The Morgan fingerprint density at radius 3 is 2.55 bits per heavy atom. The average Bonchev–Trinajstić information content (AvgIpc) is 3.36. The number of carbonyl (C=O) groups excluding carboxylic acids is 3. The molecule has 1 fully saturated rings. The molecule has 0 aliphatic carbocycles. The molecule has 0 radical (unpaired) electrons. The fourth-order valence-electron chi connectivity index (χ4n) is 3.97. The molecule has 2 N–H and O–H groups in total. The van der Waals surface area contributed by atoms with Crippen molar-refractivity contribution in [3.05, 3.63) is 74.9 Å². The average molecular weight is 484 g/mol. The van der Waals surface area contributed by atoms with Gasteiger partial charge in [-0.1, -0.05) is 17.7 Å². The van der Waals surface area contributed by atoms with Crippen LogP contribution < -0.4 is 15.1 Å². The monoisotopic (exact) mass is 483 g/mol. The first-order valence-corrected chi connectivity index (χ1v) is 11.3. The highest BCUT2D eigenvalue weighted by Gasteiger charge is 2.39. The number of amides is 3. The highest BCUT2D eigenvalue weighted by atomic mass is 35.5. The number of nitrogens with zero attached hydrogens (tertiary/aromatic N) is 2. The van der Waals surface area contributed by atoms with Crippen molar-refractivity contribution in [2.75, 3.05) is 34.9 Å². The van der Waals surface area contributed by atoms with E-state index in [9.17, 15) is 19.5 Å². The summed E-state index contributed by atoms with van der Waals surface area (Å²) in [7, 11) is 0. The minimum absolute atomic E-state index is 0.0343. The zero-order valence-corrected chi connectivity index (χ0v) is 18.7. The van der Waals surface area contributed by atoms with Crippen LogP contribution in [0.25, 0.3) is 0 Å². The standard InChI is InChI=1S/C23H18ClN3O5S/c24-18-9-8-17(33-18)21(29)25-16-3-1-2-15-20(16)23(31)27(22(15)30)14-6-4-13(5-7-14)26-10-11-32-12-19(26)28/h1-9,23,31H,10-12H2,(H,25,29). The Bertz CT molecular complexity index is 1260. The fraction of sp³-hybridized carbons (Fsp3) is 0.174. The number of nitrogens with one attached hydrogen (secondary N) is 1. The smallest absolute Gasteiger partial charge is 0.265 e. The van der Waals surface area contributed by atoms with Gasteiger partial charge in [0.05, 0.1) is 15.8 Å². The van der Waals surface area contributed by atoms with Crippen molar-refractivity contribution >= 4 is 57.7 Å². The van der Waals surface area contributed by atoms with Crippen molar-refractivity contribution in [2.24, 2.45) is 0 Å². The molecule has 1 unspecified atom stereocenters. The van der Waals surface area contributed by atoms with Gasteiger partial charge in [-0.25, -0.2) is 0 Å². The number of thiophene rings is 1. The van der Waals surface area contributed by atoms with Gasteiger partial charge in [-0.15, -0.1) is 11.3 Å². The number of morpholine rings is 1. The van der Waals surface area contributed by atoms with Crippen molar-refractivity contribution < 1.29 is 24.2 Å². The van der Waals surface area contributed by atoms with E-state index >= 15 is 0 Å². The SMILES string of the molecule is O=C(Nc1cccc2c1C(O)N(c1ccc(N3CCOCC3=O)cc1)C2=O)c1ccc(Cl)s1. The number of ether oxygens (including phenoxy) is 1. The third-order valence-corrected chi connectivity index (χ3v) is 6.76.